The van der Waals surface area contributed by atoms with Gasteiger partial charge in [-0.05, 0) is 35.7 Å². The highest BCUT2D eigenvalue weighted by Gasteiger charge is 2.09. The van der Waals surface area contributed by atoms with Crippen LogP contribution in [-0.2, 0) is 13.1 Å². The molecule has 2 N–H and O–H groups in total. The van der Waals surface area contributed by atoms with Crippen LogP contribution in [0.3, 0.4) is 0 Å². The average Bonchev–Trinajstić information content (AvgIpc) is 2.67. The van der Waals surface area contributed by atoms with E-state index in [-0.39, 0.29) is 0 Å². The van der Waals surface area contributed by atoms with Crippen molar-refractivity contribution in [3.63, 3.8) is 0 Å². The number of hydrogen-bond acceptors (Lipinski definition) is 3. The minimum absolute atomic E-state index is 0.757. The SMILES string of the molecule is COc1ccc(C[NH2+]Cc2ccc(OC)c3ccccc23)cc1OC. The molecular weight excluding hydrogens is 314 g/mol. The van der Waals surface area contributed by atoms with Gasteiger partial charge in [0.25, 0.3) is 0 Å². The molecule has 4 heteroatoms. The summed E-state index contributed by atoms with van der Waals surface area (Å²) in [5.74, 6) is 2.44. The van der Waals surface area contributed by atoms with Crippen LogP contribution in [-0.4, -0.2) is 21.3 Å². The van der Waals surface area contributed by atoms with Crippen molar-refractivity contribution in [1.29, 1.82) is 0 Å². The van der Waals surface area contributed by atoms with E-state index in [9.17, 15) is 0 Å². The van der Waals surface area contributed by atoms with Crippen LogP contribution in [0.4, 0.5) is 0 Å². The molecule has 0 atom stereocenters. The molecule has 4 nitrogen and oxygen atoms in total. The Hall–Kier alpha value is -2.72. The van der Waals surface area contributed by atoms with Crippen molar-refractivity contribution in [2.24, 2.45) is 0 Å². The Balaban J connectivity index is 1.73. The van der Waals surface area contributed by atoms with Gasteiger partial charge < -0.3 is 19.5 Å². The first kappa shape index (κ1) is 17.1. The molecule has 0 fully saturated rings. The van der Waals surface area contributed by atoms with E-state index in [1.807, 2.05) is 24.3 Å². The summed E-state index contributed by atoms with van der Waals surface area (Å²) in [7, 11) is 5.03. The predicted octanol–water partition coefficient (Wildman–Crippen LogP) is 3.13. The normalized spacial score (nSPS) is 10.7. The third kappa shape index (κ3) is 3.69. The molecule has 0 aliphatic carbocycles. The van der Waals surface area contributed by atoms with Crippen molar-refractivity contribution in [3.8, 4) is 17.2 Å². The zero-order valence-electron chi connectivity index (χ0n) is 14.9. The van der Waals surface area contributed by atoms with E-state index in [0.717, 1.165) is 35.7 Å². The number of hydrogen-bond donors (Lipinski definition) is 1. The van der Waals surface area contributed by atoms with Crippen LogP contribution < -0.4 is 19.5 Å². The number of ether oxygens (including phenoxy) is 3. The molecule has 3 rings (SSSR count). The molecule has 0 unspecified atom stereocenters. The van der Waals surface area contributed by atoms with E-state index in [2.05, 4.69) is 35.6 Å². The van der Waals surface area contributed by atoms with E-state index in [0.29, 0.717) is 0 Å². The summed E-state index contributed by atoms with van der Waals surface area (Å²) in [6, 6.07) is 18.6. The van der Waals surface area contributed by atoms with E-state index >= 15 is 0 Å². The maximum atomic E-state index is 5.47. The highest BCUT2D eigenvalue weighted by molar-refractivity contribution is 5.90. The molecule has 3 aromatic rings. The topological polar surface area (TPSA) is 44.3 Å². The fraction of sp³-hybridized carbons (Fsp3) is 0.238. The number of benzene rings is 3. The summed E-state index contributed by atoms with van der Waals surface area (Å²) < 4.78 is 16.1. The Morgan fingerprint density at radius 2 is 1.36 bits per heavy atom. The fourth-order valence-electron chi connectivity index (χ4n) is 3.09. The molecule has 3 aromatic carbocycles. The second kappa shape index (κ2) is 7.90. The van der Waals surface area contributed by atoms with Crippen molar-refractivity contribution in [2.45, 2.75) is 13.1 Å². The van der Waals surface area contributed by atoms with Crippen molar-refractivity contribution < 1.29 is 19.5 Å². The molecule has 0 saturated heterocycles. The number of rotatable bonds is 7. The van der Waals surface area contributed by atoms with Crippen LogP contribution in [0.15, 0.2) is 54.6 Å². The number of nitrogens with two attached hydrogens (primary N) is 1. The minimum atomic E-state index is 0.757. The average molecular weight is 338 g/mol. The monoisotopic (exact) mass is 338 g/mol. The van der Waals surface area contributed by atoms with Gasteiger partial charge in [0.05, 0.1) is 21.3 Å². The number of fused-ring (bicyclic) bond motifs is 1. The van der Waals surface area contributed by atoms with Crippen molar-refractivity contribution in [3.05, 3.63) is 65.7 Å². The van der Waals surface area contributed by atoms with Crippen LogP contribution in [0, 0.1) is 0 Å². The van der Waals surface area contributed by atoms with Gasteiger partial charge in [-0.1, -0.05) is 24.3 Å². The standard InChI is InChI=1S/C21H23NO3/c1-23-19-11-9-16(17-6-4-5-7-18(17)19)14-22-13-15-8-10-20(24-2)21(12-15)25-3/h4-12,22H,13-14H2,1-3H3/p+1. The van der Waals surface area contributed by atoms with Crippen LogP contribution in [0.25, 0.3) is 10.8 Å². The lowest BCUT2D eigenvalue weighted by molar-refractivity contribution is -0.686. The summed E-state index contributed by atoms with van der Waals surface area (Å²) in [5, 5.41) is 4.68. The Kier molecular flexibility index (Phi) is 5.41. The van der Waals surface area contributed by atoms with Crippen LogP contribution in [0.1, 0.15) is 11.1 Å². The summed E-state index contributed by atoms with van der Waals surface area (Å²) in [5.41, 5.74) is 2.51. The zero-order valence-corrected chi connectivity index (χ0v) is 14.9. The number of quaternary nitrogens is 1. The molecule has 0 saturated carbocycles. The first-order chi connectivity index (χ1) is 12.3. The van der Waals surface area contributed by atoms with E-state index < -0.39 is 0 Å². The second-order valence-corrected chi connectivity index (χ2v) is 5.86. The van der Waals surface area contributed by atoms with Gasteiger partial charge in [-0.2, -0.15) is 0 Å². The molecular formula is C21H24NO3+. The lowest BCUT2D eigenvalue weighted by atomic mass is 10.0. The molecule has 0 spiro atoms. The third-order valence-electron chi connectivity index (χ3n) is 4.39. The Morgan fingerprint density at radius 1 is 0.680 bits per heavy atom. The van der Waals surface area contributed by atoms with Gasteiger partial charge in [0.2, 0.25) is 0 Å². The van der Waals surface area contributed by atoms with Gasteiger partial charge in [-0.25, -0.2) is 0 Å². The Morgan fingerprint density at radius 3 is 2.08 bits per heavy atom. The van der Waals surface area contributed by atoms with Crippen LogP contribution in [0.5, 0.6) is 17.2 Å². The van der Waals surface area contributed by atoms with E-state index in [1.54, 1.807) is 21.3 Å². The molecule has 0 aliphatic heterocycles. The predicted molar refractivity (Wildman–Crippen MR) is 99.4 cm³/mol. The molecule has 25 heavy (non-hydrogen) atoms. The van der Waals surface area contributed by atoms with Crippen molar-refractivity contribution >= 4 is 10.8 Å². The lowest BCUT2D eigenvalue weighted by Crippen LogP contribution is -2.80. The first-order valence-electron chi connectivity index (χ1n) is 8.34. The number of methoxy groups -OCH3 is 3. The summed E-state index contributed by atoms with van der Waals surface area (Å²) in [4.78, 5) is 0. The molecule has 0 aromatic heterocycles. The highest BCUT2D eigenvalue weighted by Crippen LogP contribution is 2.28. The van der Waals surface area contributed by atoms with Gasteiger partial charge >= 0.3 is 0 Å². The van der Waals surface area contributed by atoms with Gasteiger partial charge in [-0.3, -0.25) is 0 Å². The molecule has 0 radical (unpaired) electrons. The summed E-state index contributed by atoms with van der Waals surface area (Å²) in [6.45, 7) is 1.78. The van der Waals surface area contributed by atoms with E-state index in [4.69, 9.17) is 14.2 Å². The van der Waals surface area contributed by atoms with Gasteiger partial charge in [0.15, 0.2) is 11.5 Å². The molecule has 0 aliphatic rings. The quantitative estimate of drug-likeness (QED) is 0.720. The lowest BCUT2D eigenvalue weighted by Gasteiger charge is -2.11. The first-order valence-corrected chi connectivity index (χ1v) is 8.34. The Labute approximate surface area is 148 Å². The smallest absolute Gasteiger partial charge is 0.161 e. The fourth-order valence-corrected chi connectivity index (χ4v) is 3.09. The highest BCUT2D eigenvalue weighted by atomic mass is 16.5. The zero-order chi connectivity index (χ0) is 17.6. The summed E-state index contributed by atoms with van der Waals surface area (Å²) in [6.07, 6.45) is 0. The summed E-state index contributed by atoms with van der Waals surface area (Å²) >= 11 is 0. The maximum absolute atomic E-state index is 5.47. The van der Waals surface area contributed by atoms with Crippen molar-refractivity contribution in [2.75, 3.05) is 21.3 Å². The van der Waals surface area contributed by atoms with Gasteiger partial charge in [0.1, 0.15) is 18.8 Å². The third-order valence-corrected chi connectivity index (χ3v) is 4.39. The molecule has 0 amide bonds. The van der Waals surface area contributed by atoms with Gasteiger partial charge in [-0.15, -0.1) is 0 Å². The van der Waals surface area contributed by atoms with Crippen LogP contribution >= 0.6 is 0 Å². The molecule has 130 valence electrons. The van der Waals surface area contributed by atoms with Crippen molar-refractivity contribution in [1.82, 2.24) is 0 Å². The second-order valence-electron chi connectivity index (χ2n) is 5.86. The van der Waals surface area contributed by atoms with Gasteiger partial charge in [0, 0.05) is 16.5 Å². The molecule has 0 heterocycles. The molecule has 0 bridgehead atoms. The largest absolute Gasteiger partial charge is 0.496 e. The Bertz CT molecular complexity index is 861. The minimum Gasteiger partial charge on any atom is -0.496 e. The van der Waals surface area contributed by atoms with E-state index in [1.165, 1.54) is 16.5 Å². The maximum Gasteiger partial charge on any atom is 0.161 e. The van der Waals surface area contributed by atoms with Crippen LogP contribution in [0.2, 0.25) is 0 Å².